The molecule has 0 unspecified atom stereocenters. The molecule has 3 N–H and O–H groups in total. The van der Waals surface area contributed by atoms with Gasteiger partial charge in [0, 0.05) is 20.2 Å². The minimum absolute atomic E-state index is 0. The van der Waals surface area contributed by atoms with Crippen molar-refractivity contribution < 1.29 is 13.2 Å². The van der Waals surface area contributed by atoms with Crippen molar-refractivity contribution in [2.45, 2.75) is 13.5 Å². The first-order valence-electron chi connectivity index (χ1n) is 7.03. The molecule has 0 aliphatic carbocycles. The van der Waals surface area contributed by atoms with Crippen LogP contribution < -0.4 is 15.4 Å². The molecule has 0 radical (unpaired) electrons. The largest absolute Gasteiger partial charge is 0.383 e. The molecule has 0 saturated carbocycles. The summed E-state index contributed by atoms with van der Waals surface area (Å²) in [6, 6.07) is 7.19. The molecule has 9 heteroatoms. The van der Waals surface area contributed by atoms with Crippen molar-refractivity contribution in [1.82, 2.24) is 10.6 Å². The van der Waals surface area contributed by atoms with Gasteiger partial charge in [-0.2, -0.15) is 0 Å². The minimum atomic E-state index is -3.31. The Morgan fingerprint density at radius 2 is 1.96 bits per heavy atom. The van der Waals surface area contributed by atoms with Crippen molar-refractivity contribution in [3.05, 3.63) is 29.8 Å². The van der Waals surface area contributed by atoms with E-state index in [0.29, 0.717) is 31.3 Å². The zero-order valence-corrected chi connectivity index (χ0v) is 16.8. The number of methoxy groups -OCH3 is 1. The molecule has 0 saturated heterocycles. The number of halogens is 1. The third kappa shape index (κ3) is 9.61. The highest BCUT2D eigenvalue weighted by Crippen LogP contribution is 2.17. The fourth-order valence-electron chi connectivity index (χ4n) is 1.73. The Kier molecular flexibility index (Phi) is 10.9. The van der Waals surface area contributed by atoms with Crippen molar-refractivity contribution in [1.29, 1.82) is 0 Å². The van der Waals surface area contributed by atoms with Crippen molar-refractivity contribution in [3.8, 4) is 0 Å². The van der Waals surface area contributed by atoms with E-state index < -0.39 is 10.0 Å². The summed E-state index contributed by atoms with van der Waals surface area (Å²) in [6.45, 7) is 4.30. The SMILES string of the molecule is CCNC(=NCc1ccccc1NS(C)(=O)=O)NCCOC.I. The topological polar surface area (TPSA) is 91.8 Å². The first-order chi connectivity index (χ1) is 10.5. The van der Waals surface area contributed by atoms with Crippen LogP contribution in [-0.2, 0) is 21.3 Å². The molecule has 0 fully saturated rings. The van der Waals surface area contributed by atoms with Gasteiger partial charge in [0.05, 0.1) is 25.1 Å². The summed E-state index contributed by atoms with van der Waals surface area (Å²) in [5.41, 5.74) is 1.35. The molecular weight excluding hydrogens is 431 g/mol. The van der Waals surface area contributed by atoms with E-state index in [1.165, 1.54) is 0 Å². The molecule has 1 aromatic rings. The number of benzene rings is 1. The molecule has 1 aromatic carbocycles. The summed E-state index contributed by atoms with van der Waals surface area (Å²) < 4.78 is 30.2. The molecule has 0 aliphatic heterocycles. The summed E-state index contributed by atoms with van der Waals surface area (Å²) in [7, 11) is -1.67. The molecule has 23 heavy (non-hydrogen) atoms. The van der Waals surface area contributed by atoms with Gasteiger partial charge in [-0.05, 0) is 18.6 Å². The average molecular weight is 456 g/mol. The second-order valence-corrected chi connectivity index (χ2v) is 6.39. The summed E-state index contributed by atoms with van der Waals surface area (Å²) in [4.78, 5) is 4.45. The van der Waals surface area contributed by atoms with Crippen LogP contribution in [0.25, 0.3) is 0 Å². The van der Waals surface area contributed by atoms with Gasteiger partial charge in [-0.25, -0.2) is 13.4 Å². The Labute approximate surface area is 155 Å². The molecule has 0 amide bonds. The maximum Gasteiger partial charge on any atom is 0.229 e. The van der Waals surface area contributed by atoms with Gasteiger partial charge < -0.3 is 15.4 Å². The highest BCUT2D eigenvalue weighted by molar-refractivity contribution is 14.0. The predicted octanol–water partition coefficient (Wildman–Crippen LogP) is 1.38. The lowest BCUT2D eigenvalue weighted by Crippen LogP contribution is -2.38. The maximum atomic E-state index is 11.4. The molecule has 0 aliphatic rings. The van der Waals surface area contributed by atoms with Crippen LogP contribution in [0.1, 0.15) is 12.5 Å². The first-order valence-corrected chi connectivity index (χ1v) is 8.92. The number of anilines is 1. The number of hydrogen-bond donors (Lipinski definition) is 3. The van der Waals surface area contributed by atoms with Gasteiger partial charge in [0.25, 0.3) is 0 Å². The number of para-hydroxylation sites is 1. The lowest BCUT2D eigenvalue weighted by Gasteiger charge is -2.12. The predicted molar refractivity (Wildman–Crippen MR) is 105 cm³/mol. The molecular formula is C14H25IN4O3S. The van der Waals surface area contributed by atoms with E-state index in [1.54, 1.807) is 19.2 Å². The molecule has 0 spiro atoms. The molecule has 132 valence electrons. The fraction of sp³-hybridized carbons (Fsp3) is 0.500. The zero-order chi connectivity index (χ0) is 16.4. The summed E-state index contributed by atoms with van der Waals surface area (Å²) >= 11 is 0. The molecule has 7 nitrogen and oxygen atoms in total. The van der Waals surface area contributed by atoms with Crippen molar-refractivity contribution in [3.63, 3.8) is 0 Å². The van der Waals surface area contributed by atoms with Crippen molar-refractivity contribution >= 4 is 45.6 Å². The number of ether oxygens (including phenoxy) is 1. The number of guanidine groups is 1. The summed E-state index contributed by atoms with van der Waals surface area (Å²) in [5.74, 6) is 0.661. The molecule has 0 bridgehead atoms. The minimum Gasteiger partial charge on any atom is -0.383 e. The fourth-order valence-corrected chi connectivity index (χ4v) is 2.33. The van der Waals surface area contributed by atoms with Gasteiger partial charge in [-0.15, -0.1) is 24.0 Å². The number of aliphatic imine (C=N–C) groups is 1. The van der Waals surface area contributed by atoms with Crippen molar-refractivity contribution in [2.24, 2.45) is 4.99 Å². The van der Waals surface area contributed by atoms with Crippen LogP contribution in [0.3, 0.4) is 0 Å². The third-order valence-electron chi connectivity index (χ3n) is 2.66. The second-order valence-electron chi connectivity index (χ2n) is 4.65. The van der Waals surface area contributed by atoms with Crippen LogP contribution in [0.15, 0.2) is 29.3 Å². The quantitative estimate of drug-likeness (QED) is 0.238. The number of nitrogens with one attached hydrogen (secondary N) is 3. The number of sulfonamides is 1. The van der Waals surface area contributed by atoms with Crippen LogP contribution in [0, 0.1) is 0 Å². The van der Waals surface area contributed by atoms with Crippen LogP contribution in [-0.4, -0.2) is 47.4 Å². The molecule has 1 rings (SSSR count). The van der Waals surface area contributed by atoms with Gasteiger partial charge in [0.15, 0.2) is 5.96 Å². The third-order valence-corrected chi connectivity index (χ3v) is 3.25. The van der Waals surface area contributed by atoms with Gasteiger partial charge in [-0.3, -0.25) is 4.72 Å². The lowest BCUT2D eigenvalue weighted by atomic mass is 10.2. The van der Waals surface area contributed by atoms with E-state index in [4.69, 9.17) is 4.74 Å². The van der Waals surface area contributed by atoms with E-state index >= 15 is 0 Å². The Morgan fingerprint density at radius 1 is 1.26 bits per heavy atom. The van der Waals surface area contributed by atoms with Gasteiger partial charge in [-0.1, -0.05) is 18.2 Å². The van der Waals surface area contributed by atoms with E-state index in [9.17, 15) is 8.42 Å². The van der Waals surface area contributed by atoms with E-state index in [-0.39, 0.29) is 24.0 Å². The monoisotopic (exact) mass is 456 g/mol. The first kappa shape index (κ1) is 21.9. The Balaban J connectivity index is 0.00000484. The van der Waals surface area contributed by atoms with Gasteiger partial charge in [0.2, 0.25) is 10.0 Å². The van der Waals surface area contributed by atoms with Crippen LogP contribution in [0.2, 0.25) is 0 Å². The standard InChI is InChI=1S/C14H24N4O3S.HI/c1-4-15-14(16-9-10-21-2)17-11-12-7-5-6-8-13(12)18-22(3,19)20;/h5-8,18H,4,9-11H2,1-3H3,(H2,15,16,17);1H. The Morgan fingerprint density at radius 3 is 2.57 bits per heavy atom. The average Bonchev–Trinajstić information content (AvgIpc) is 2.44. The number of nitrogens with zero attached hydrogens (tertiary/aromatic N) is 1. The van der Waals surface area contributed by atoms with Gasteiger partial charge >= 0.3 is 0 Å². The molecule has 0 aromatic heterocycles. The van der Waals surface area contributed by atoms with Crippen LogP contribution in [0.5, 0.6) is 0 Å². The maximum absolute atomic E-state index is 11.4. The summed E-state index contributed by atoms with van der Waals surface area (Å²) in [5, 5.41) is 6.26. The Bertz CT molecular complexity index is 593. The van der Waals surface area contributed by atoms with E-state index in [2.05, 4.69) is 20.3 Å². The smallest absolute Gasteiger partial charge is 0.229 e. The normalized spacial score (nSPS) is 11.5. The van der Waals surface area contributed by atoms with Crippen molar-refractivity contribution in [2.75, 3.05) is 37.8 Å². The van der Waals surface area contributed by atoms with E-state index in [0.717, 1.165) is 18.4 Å². The highest BCUT2D eigenvalue weighted by Gasteiger charge is 2.06. The van der Waals surface area contributed by atoms with Crippen LogP contribution in [0.4, 0.5) is 5.69 Å². The Hall–Kier alpha value is -1.07. The molecule has 0 atom stereocenters. The number of hydrogen-bond acceptors (Lipinski definition) is 4. The zero-order valence-electron chi connectivity index (χ0n) is 13.6. The molecule has 0 heterocycles. The summed E-state index contributed by atoms with van der Waals surface area (Å²) in [6.07, 6.45) is 1.13. The van der Waals surface area contributed by atoms with E-state index in [1.807, 2.05) is 19.1 Å². The number of rotatable bonds is 8. The highest BCUT2D eigenvalue weighted by atomic mass is 127. The second kappa shape index (κ2) is 11.5. The van der Waals surface area contributed by atoms with Crippen LogP contribution >= 0.6 is 24.0 Å². The lowest BCUT2D eigenvalue weighted by molar-refractivity contribution is 0.203. The van der Waals surface area contributed by atoms with Gasteiger partial charge in [0.1, 0.15) is 0 Å².